The summed E-state index contributed by atoms with van der Waals surface area (Å²) in [6, 6.07) is 0. The summed E-state index contributed by atoms with van der Waals surface area (Å²) >= 11 is 2.05. The number of amides is 1. The highest BCUT2D eigenvalue weighted by atomic mass is 32.2. The van der Waals surface area contributed by atoms with Gasteiger partial charge in [-0.2, -0.15) is 0 Å². The Kier molecular flexibility index (Phi) is 5.80. The van der Waals surface area contributed by atoms with E-state index in [1.165, 1.54) is 6.92 Å². The third-order valence-corrected chi connectivity index (χ3v) is 7.12. The van der Waals surface area contributed by atoms with E-state index in [1.54, 1.807) is 6.92 Å². The summed E-state index contributed by atoms with van der Waals surface area (Å²) in [7, 11) is 0. The fourth-order valence-corrected chi connectivity index (χ4v) is 5.42. The summed E-state index contributed by atoms with van der Waals surface area (Å²) in [5.41, 5.74) is -1.05. The molecule has 0 spiro atoms. The number of nitrogens with two attached hydrogens (primary N) is 1. The van der Waals surface area contributed by atoms with Crippen LogP contribution in [0.4, 0.5) is 5.00 Å². The first-order valence-corrected chi connectivity index (χ1v) is 9.88. The predicted octanol–water partition coefficient (Wildman–Crippen LogP) is -1.18. The highest BCUT2D eigenvalue weighted by Crippen LogP contribution is 2.41. The number of aliphatic hydroxyl groups is 4. The van der Waals surface area contributed by atoms with Crippen molar-refractivity contribution in [2.75, 3.05) is 11.9 Å². The number of hydrogen-bond acceptors (Lipinski definition) is 11. The van der Waals surface area contributed by atoms with E-state index < -0.39 is 47.9 Å². The minimum Gasteiger partial charge on any atom is -0.394 e. The molecule has 3 heterocycles. The van der Waals surface area contributed by atoms with E-state index in [-0.39, 0.29) is 5.78 Å². The van der Waals surface area contributed by atoms with Crippen LogP contribution in [0.3, 0.4) is 0 Å². The molecule has 6 atom stereocenters. The number of fused-ring (bicyclic) bond motifs is 1. The summed E-state index contributed by atoms with van der Waals surface area (Å²) in [6.45, 7) is 2.53. The summed E-state index contributed by atoms with van der Waals surface area (Å²) in [6.07, 6.45) is -5.52. The van der Waals surface area contributed by atoms with Crippen LogP contribution >= 0.6 is 23.1 Å². The van der Waals surface area contributed by atoms with Gasteiger partial charge in [0, 0.05) is 0 Å². The van der Waals surface area contributed by atoms with E-state index >= 15 is 0 Å². The molecule has 150 valence electrons. The lowest BCUT2D eigenvalue weighted by atomic mass is 10.0. The molecular formula is C15H21N3O7S2. The van der Waals surface area contributed by atoms with E-state index in [2.05, 4.69) is 5.32 Å². The van der Waals surface area contributed by atoms with Crippen molar-refractivity contribution in [1.29, 1.82) is 0 Å². The minimum absolute atomic E-state index is 0.164. The summed E-state index contributed by atoms with van der Waals surface area (Å²) in [5, 5.41) is 43.6. The van der Waals surface area contributed by atoms with Gasteiger partial charge in [-0.1, -0.05) is 11.8 Å². The SMILES string of the molecule is CC(=O)c1sc2c(c1C)C(=O)N(N)C(S[C@@H]1O[C@H](CO)[C@@H](O)[C@H](O)[C@H]1O)N2. The summed E-state index contributed by atoms with van der Waals surface area (Å²) in [5.74, 6) is 5.25. The Morgan fingerprint density at radius 1 is 1.33 bits per heavy atom. The second kappa shape index (κ2) is 7.64. The molecule has 2 aliphatic heterocycles. The molecule has 0 aliphatic carbocycles. The maximum atomic E-state index is 12.7. The number of carbonyl (C=O) groups excluding carboxylic acids is 2. The van der Waals surface area contributed by atoms with Gasteiger partial charge in [-0.25, -0.2) is 10.9 Å². The van der Waals surface area contributed by atoms with Crippen molar-refractivity contribution in [2.45, 2.75) is 49.2 Å². The predicted molar refractivity (Wildman–Crippen MR) is 98.2 cm³/mol. The van der Waals surface area contributed by atoms with Crippen molar-refractivity contribution in [1.82, 2.24) is 5.01 Å². The van der Waals surface area contributed by atoms with Crippen LogP contribution in [0.2, 0.25) is 0 Å². The van der Waals surface area contributed by atoms with Crippen LogP contribution in [0.15, 0.2) is 0 Å². The first-order valence-electron chi connectivity index (χ1n) is 8.12. The van der Waals surface area contributed by atoms with E-state index in [1.807, 2.05) is 0 Å². The van der Waals surface area contributed by atoms with Crippen molar-refractivity contribution >= 4 is 39.8 Å². The smallest absolute Gasteiger partial charge is 0.273 e. The molecule has 0 radical (unpaired) electrons. The molecule has 1 fully saturated rings. The number of hydrazine groups is 1. The molecule has 1 unspecified atom stereocenters. The Hall–Kier alpha value is -1.25. The topological polar surface area (TPSA) is 166 Å². The van der Waals surface area contributed by atoms with E-state index in [0.29, 0.717) is 21.0 Å². The van der Waals surface area contributed by atoms with Gasteiger partial charge >= 0.3 is 0 Å². The molecule has 0 saturated carbocycles. The quantitative estimate of drug-likeness (QED) is 0.199. The zero-order valence-electron chi connectivity index (χ0n) is 14.5. The number of nitrogens with zero attached hydrogens (tertiary/aromatic N) is 1. The average molecular weight is 419 g/mol. The van der Waals surface area contributed by atoms with E-state index in [9.17, 15) is 30.0 Å². The standard InChI is InChI=1S/C15H21N3O7S2/c1-4-7-12(26-11(4)5(2)20)17-15(18(16)13(7)24)27-14-10(23)9(22)8(21)6(3-19)25-14/h6,8-10,14-15,17,19,21-23H,3,16H2,1-2H3/t6-,8-,9+,10-,14+,15?/m1/s1. The van der Waals surface area contributed by atoms with Crippen LogP contribution in [0.5, 0.6) is 0 Å². The molecular weight excluding hydrogens is 398 g/mol. The molecule has 1 aromatic heterocycles. The largest absolute Gasteiger partial charge is 0.394 e. The van der Waals surface area contributed by atoms with Gasteiger partial charge in [-0.3, -0.25) is 9.59 Å². The van der Waals surface area contributed by atoms with Gasteiger partial charge < -0.3 is 30.5 Å². The molecule has 3 rings (SSSR count). The number of hydrogen-bond donors (Lipinski definition) is 6. The second-order valence-electron chi connectivity index (χ2n) is 6.36. The van der Waals surface area contributed by atoms with Crippen LogP contribution in [0.1, 0.15) is 32.5 Å². The van der Waals surface area contributed by atoms with E-state index in [0.717, 1.165) is 28.1 Å². The van der Waals surface area contributed by atoms with Crippen LogP contribution in [0.25, 0.3) is 0 Å². The first-order chi connectivity index (χ1) is 12.7. The number of anilines is 1. The van der Waals surface area contributed by atoms with Crippen LogP contribution in [-0.4, -0.2) is 79.1 Å². The summed E-state index contributed by atoms with van der Waals surface area (Å²) < 4.78 is 5.44. The van der Waals surface area contributed by atoms with E-state index in [4.69, 9.17) is 10.6 Å². The Morgan fingerprint density at radius 2 is 2.00 bits per heavy atom. The fourth-order valence-electron chi connectivity index (χ4n) is 3.03. The number of aliphatic hydroxyl groups excluding tert-OH is 4. The molecule has 27 heavy (non-hydrogen) atoms. The lowest BCUT2D eigenvalue weighted by Crippen LogP contribution is -2.59. The Labute approximate surface area is 162 Å². The Balaban J connectivity index is 1.83. The zero-order valence-corrected chi connectivity index (χ0v) is 16.2. The van der Waals surface area contributed by atoms with Crippen molar-refractivity contribution in [2.24, 2.45) is 5.84 Å². The number of carbonyl (C=O) groups is 2. The van der Waals surface area contributed by atoms with Gasteiger partial charge in [0.05, 0.1) is 17.0 Å². The number of nitrogens with one attached hydrogen (secondary N) is 1. The number of ether oxygens (including phenoxy) is 1. The third-order valence-electron chi connectivity index (χ3n) is 4.53. The monoisotopic (exact) mass is 419 g/mol. The van der Waals surface area contributed by atoms with Crippen molar-refractivity contribution < 1.29 is 34.8 Å². The number of rotatable bonds is 4. The van der Waals surface area contributed by atoms with Gasteiger partial charge in [-0.15, -0.1) is 11.3 Å². The molecule has 1 aromatic rings. The summed E-state index contributed by atoms with van der Waals surface area (Å²) in [4.78, 5) is 24.8. The van der Waals surface area contributed by atoms with Gasteiger partial charge in [0.1, 0.15) is 34.9 Å². The molecule has 1 amide bonds. The highest BCUT2D eigenvalue weighted by molar-refractivity contribution is 8.00. The number of ketones is 1. The molecule has 0 bridgehead atoms. The zero-order chi connectivity index (χ0) is 20.0. The fraction of sp³-hybridized carbons (Fsp3) is 0.600. The number of Topliss-reactive ketones (excluding diaryl/α,β-unsaturated/α-hetero) is 1. The van der Waals surface area contributed by atoms with Crippen molar-refractivity contribution in [3.8, 4) is 0 Å². The van der Waals surface area contributed by atoms with Gasteiger partial charge in [0.25, 0.3) is 5.91 Å². The van der Waals surface area contributed by atoms with Crippen LogP contribution in [0, 0.1) is 6.92 Å². The molecule has 7 N–H and O–H groups in total. The highest BCUT2D eigenvalue weighted by Gasteiger charge is 2.46. The van der Waals surface area contributed by atoms with Crippen LogP contribution < -0.4 is 11.2 Å². The third kappa shape index (κ3) is 3.47. The average Bonchev–Trinajstić information content (AvgIpc) is 2.96. The molecule has 1 saturated heterocycles. The lowest BCUT2D eigenvalue weighted by Gasteiger charge is -2.42. The maximum Gasteiger partial charge on any atom is 0.273 e. The Bertz CT molecular complexity index is 756. The van der Waals surface area contributed by atoms with Crippen molar-refractivity contribution in [3.63, 3.8) is 0 Å². The Morgan fingerprint density at radius 3 is 2.59 bits per heavy atom. The number of thiophene rings is 1. The number of thioether (sulfide) groups is 1. The lowest BCUT2D eigenvalue weighted by molar-refractivity contribution is -0.205. The first kappa shape index (κ1) is 20.5. The maximum absolute atomic E-state index is 12.7. The normalized spacial score (nSPS) is 33.6. The molecule has 0 aromatic carbocycles. The minimum atomic E-state index is -1.53. The molecule has 12 heteroatoms. The van der Waals surface area contributed by atoms with Gasteiger partial charge in [0.15, 0.2) is 11.3 Å². The molecule has 10 nitrogen and oxygen atoms in total. The van der Waals surface area contributed by atoms with Crippen LogP contribution in [-0.2, 0) is 4.74 Å². The van der Waals surface area contributed by atoms with Gasteiger partial charge in [-0.05, 0) is 19.4 Å². The van der Waals surface area contributed by atoms with Crippen molar-refractivity contribution in [3.05, 3.63) is 16.0 Å². The van der Waals surface area contributed by atoms with Gasteiger partial charge in [0.2, 0.25) is 0 Å². The second-order valence-corrected chi connectivity index (χ2v) is 8.56. The molecule has 2 aliphatic rings.